The van der Waals surface area contributed by atoms with Crippen LogP contribution in [0, 0.1) is 0 Å². The Morgan fingerprint density at radius 1 is 1.04 bits per heavy atom. The summed E-state index contributed by atoms with van der Waals surface area (Å²) in [6, 6.07) is 14.2. The molecule has 5 heteroatoms. The second kappa shape index (κ2) is 8.58. The van der Waals surface area contributed by atoms with Crippen LogP contribution in [-0.2, 0) is 16.1 Å². The van der Waals surface area contributed by atoms with E-state index in [0.29, 0.717) is 30.3 Å². The largest absolute Gasteiger partial charge is 0.489 e. The Morgan fingerprint density at radius 3 is 2.52 bits per heavy atom. The lowest BCUT2D eigenvalue weighted by Crippen LogP contribution is -2.14. The van der Waals surface area contributed by atoms with Gasteiger partial charge in [0.1, 0.15) is 24.4 Å². The first-order valence-electron chi connectivity index (χ1n) is 7.26. The molecular formula is C18H18O5. The van der Waals surface area contributed by atoms with Crippen LogP contribution in [0.15, 0.2) is 48.5 Å². The SMILES string of the molecule is CCOC(=O)COc1ccc(COc2cccc(C=O)c2)cc1. The average Bonchev–Trinajstić information content (AvgIpc) is 2.59. The maximum atomic E-state index is 11.2. The Bertz CT molecular complexity index is 649. The molecule has 0 N–H and O–H groups in total. The van der Waals surface area contributed by atoms with Crippen molar-refractivity contribution in [3.63, 3.8) is 0 Å². The van der Waals surface area contributed by atoms with E-state index in [-0.39, 0.29) is 6.61 Å². The number of esters is 1. The van der Waals surface area contributed by atoms with Gasteiger partial charge >= 0.3 is 5.97 Å². The predicted octanol–water partition coefficient (Wildman–Crippen LogP) is 3.02. The summed E-state index contributed by atoms with van der Waals surface area (Å²) >= 11 is 0. The van der Waals surface area contributed by atoms with Crippen LogP contribution in [0.3, 0.4) is 0 Å². The zero-order chi connectivity index (χ0) is 16.5. The minimum absolute atomic E-state index is 0.109. The standard InChI is InChI=1S/C18H18O5/c1-2-21-18(20)13-23-16-8-6-14(7-9-16)12-22-17-5-3-4-15(10-17)11-19/h3-11H,2,12-13H2,1H3. The summed E-state index contributed by atoms with van der Waals surface area (Å²) in [7, 11) is 0. The molecule has 0 heterocycles. The van der Waals surface area contributed by atoms with E-state index in [1.807, 2.05) is 12.1 Å². The van der Waals surface area contributed by atoms with Gasteiger partial charge in [-0.15, -0.1) is 0 Å². The van der Waals surface area contributed by atoms with Crippen molar-refractivity contribution in [2.45, 2.75) is 13.5 Å². The van der Waals surface area contributed by atoms with Gasteiger partial charge in [0.25, 0.3) is 0 Å². The lowest BCUT2D eigenvalue weighted by Gasteiger charge is -2.08. The fourth-order valence-corrected chi connectivity index (χ4v) is 1.87. The Hall–Kier alpha value is -2.82. The highest BCUT2D eigenvalue weighted by Crippen LogP contribution is 2.16. The van der Waals surface area contributed by atoms with Gasteiger partial charge in [0.05, 0.1) is 6.61 Å². The minimum atomic E-state index is -0.394. The Labute approximate surface area is 134 Å². The summed E-state index contributed by atoms with van der Waals surface area (Å²) in [6.07, 6.45) is 0.780. The molecule has 5 nitrogen and oxygen atoms in total. The molecule has 0 aliphatic heterocycles. The molecule has 0 aliphatic carbocycles. The highest BCUT2D eigenvalue weighted by molar-refractivity contribution is 5.75. The quantitative estimate of drug-likeness (QED) is 0.553. The number of aldehydes is 1. The van der Waals surface area contributed by atoms with Crippen LogP contribution in [-0.4, -0.2) is 25.5 Å². The van der Waals surface area contributed by atoms with Gasteiger partial charge in [0.15, 0.2) is 6.61 Å². The lowest BCUT2D eigenvalue weighted by molar-refractivity contribution is -0.145. The third kappa shape index (κ3) is 5.47. The van der Waals surface area contributed by atoms with Crippen molar-refractivity contribution in [1.29, 1.82) is 0 Å². The first kappa shape index (κ1) is 16.5. The molecule has 2 rings (SSSR count). The number of carbonyl (C=O) groups excluding carboxylic acids is 2. The molecule has 0 saturated carbocycles. The molecule has 23 heavy (non-hydrogen) atoms. The average molecular weight is 314 g/mol. The van der Waals surface area contributed by atoms with Crippen molar-refractivity contribution in [2.24, 2.45) is 0 Å². The van der Waals surface area contributed by atoms with Crippen LogP contribution in [0.2, 0.25) is 0 Å². The van der Waals surface area contributed by atoms with Crippen LogP contribution < -0.4 is 9.47 Å². The normalized spacial score (nSPS) is 9.96. The molecule has 0 bridgehead atoms. The maximum absolute atomic E-state index is 11.2. The Balaban J connectivity index is 1.84. The number of hydrogen-bond acceptors (Lipinski definition) is 5. The molecule has 0 aromatic heterocycles. The first-order chi connectivity index (χ1) is 11.2. The predicted molar refractivity (Wildman–Crippen MR) is 84.7 cm³/mol. The molecule has 0 saturated heterocycles. The van der Waals surface area contributed by atoms with Gasteiger partial charge in [-0.1, -0.05) is 24.3 Å². The molecule has 2 aromatic carbocycles. The molecule has 0 spiro atoms. The van der Waals surface area contributed by atoms with E-state index in [9.17, 15) is 9.59 Å². The minimum Gasteiger partial charge on any atom is -0.489 e. The van der Waals surface area contributed by atoms with E-state index in [1.54, 1.807) is 43.3 Å². The van der Waals surface area contributed by atoms with E-state index in [0.717, 1.165) is 11.8 Å². The van der Waals surface area contributed by atoms with Gasteiger partial charge in [-0.05, 0) is 36.8 Å². The van der Waals surface area contributed by atoms with Crippen LogP contribution in [0.1, 0.15) is 22.8 Å². The molecule has 0 unspecified atom stereocenters. The molecule has 2 aromatic rings. The lowest BCUT2D eigenvalue weighted by atomic mass is 10.2. The maximum Gasteiger partial charge on any atom is 0.344 e. The third-order valence-electron chi connectivity index (χ3n) is 2.99. The van der Waals surface area contributed by atoms with E-state index in [2.05, 4.69) is 0 Å². The van der Waals surface area contributed by atoms with Crippen LogP contribution in [0.5, 0.6) is 11.5 Å². The van der Waals surface area contributed by atoms with Crippen LogP contribution in [0.25, 0.3) is 0 Å². The number of benzene rings is 2. The molecule has 0 amide bonds. The van der Waals surface area contributed by atoms with Crippen molar-refractivity contribution < 1.29 is 23.8 Å². The summed E-state index contributed by atoms with van der Waals surface area (Å²) in [5.74, 6) is 0.831. The van der Waals surface area contributed by atoms with E-state index < -0.39 is 5.97 Å². The fraction of sp³-hybridized carbons (Fsp3) is 0.222. The summed E-state index contributed by atoms with van der Waals surface area (Å²) < 4.78 is 15.7. The highest BCUT2D eigenvalue weighted by atomic mass is 16.6. The number of hydrogen-bond donors (Lipinski definition) is 0. The van der Waals surface area contributed by atoms with Gasteiger partial charge in [0.2, 0.25) is 0 Å². The van der Waals surface area contributed by atoms with E-state index in [4.69, 9.17) is 14.2 Å². The molecule has 0 fully saturated rings. The Kier molecular flexibility index (Phi) is 6.17. The van der Waals surface area contributed by atoms with Gasteiger partial charge in [-0.3, -0.25) is 4.79 Å². The molecule has 0 atom stereocenters. The van der Waals surface area contributed by atoms with Gasteiger partial charge in [-0.2, -0.15) is 0 Å². The summed E-state index contributed by atoms with van der Waals surface area (Å²) in [4.78, 5) is 21.9. The zero-order valence-electron chi connectivity index (χ0n) is 12.9. The summed E-state index contributed by atoms with van der Waals surface area (Å²) in [6.45, 7) is 2.35. The van der Waals surface area contributed by atoms with E-state index >= 15 is 0 Å². The van der Waals surface area contributed by atoms with Gasteiger partial charge in [-0.25, -0.2) is 4.79 Å². The number of carbonyl (C=O) groups is 2. The van der Waals surface area contributed by atoms with Gasteiger partial charge in [0, 0.05) is 5.56 Å². The van der Waals surface area contributed by atoms with E-state index in [1.165, 1.54) is 0 Å². The summed E-state index contributed by atoms with van der Waals surface area (Å²) in [5, 5.41) is 0. The fourth-order valence-electron chi connectivity index (χ4n) is 1.87. The zero-order valence-corrected chi connectivity index (χ0v) is 12.9. The smallest absolute Gasteiger partial charge is 0.344 e. The number of ether oxygens (including phenoxy) is 3. The van der Waals surface area contributed by atoms with Crippen molar-refractivity contribution in [3.05, 3.63) is 59.7 Å². The molecule has 0 aliphatic rings. The van der Waals surface area contributed by atoms with Crippen LogP contribution in [0.4, 0.5) is 0 Å². The third-order valence-corrected chi connectivity index (χ3v) is 2.99. The Morgan fingerprint density at radius 2 is 1.83 bits per heavy atom. The van der Waals surface area contributed by atoms with Crippen molar-refractivity contribution in [2.75, 3.05) is 13.2 Å². The monoisotopic (exact) mass is 314 g/mol. The van der Waals surface area contributed by atoms with Gasteiger partial charge < -0.3 is 14.2 Å². The molecule has 0 radical (unpaired) electrons. The van der Waals surface area contributed by atoms with Crippen molar-refractivity contribution in [3.8, 4) is 11.5 Å². The first-order valence-corrected chi connectivity index (χ1v) is 7.26. The highest BCUT2D eigenvalue weighted by Gasteiger charge is 2.03. The van der Waals surface area contributed by atoms with Crippen molar-refractivity contribution >= 4 is 12.3 Å². The summed E-state index contributed by atoms with van der Waals surface area (Å²) in [5.41, 5.74) is 1.52. The van der Waals surface area contributed by atoms with Crippen LogP contribution >= 0.6 is 0 Å². The number of rotatable bonds is 8. The second-order valence-corrected chi connectivity index (χ2v) is 4.72. The molecular weight excluding hydrogens is 296 g/mol. The van der Waals surface area contributed by atoms with Crippen molar-refractivity contribution in [1.82, 2.24) is 0 Å². The molecule has 120 valence electrons. The second-order valence-electron chi connectivity index (χ2n) is 4.72. The topological polar surface area (TPSA) is 61.8 Å².